The Hall–Kier alpha value is -2.64. The Morgan fingerprint density at radius 3 is 2.44 bits per heavy atom. The Labute approximate surface area is 148 Å². The molecule has 0 saturated heterocycles. The Bertz CT molecular complexity index is 584. The summed E-state index contributed by atoms with van der Waals surface area (Å²) in [5.74, 6) is 0.517. The van der Waals surface area contributed by atoms with Crippen LogP contribution in [0.4, 0.5) is 5.69 Å². The van der Waals surface area contributed by atoms with Crippen LogP contribution in [0.2, 0.25) is 0 Å². The van der Waals surface area contributed by atoms with Crippen molar-refractivity contribution in [3.63, 3.8) is 0 Å². The summed E-state index contributed by atoms with van der Waals surface area (Å²) in [6.07, 6.45) is 3.28. The van der Waals surface area contributed by atoms with Crippen LogP contribution in [0, 0.1) is 10.1 Å². The number of nitrogens with zero attached hydrogens (tertiary/aromatic N) is 3. The number of carbonyl (C=O) groups is 1. The van der Waals surface area contributed by atoms with E-state index in [0.29, 0.717) is 12.5 Å². The van der Waals surface area contributed by atoms with Gasteiger partial charge in [-0.25, -0.2) is 4.99 Å². The lowest BCUT2D eigenvalue weighted by Gasteiger charge is -2.15. The Balaban J connectivity index is 2.66. The van der Waals surface area contributed by atoms with Crippen molar-refractivity contribution in [3.8, 4) is 0 Å². The van der Waals surface area contributed by atoms with E-state index in [9.17, 15) is 14.9 Å². The normalized spacial score (nSPS) is 11.1. The molecule has 0 unspecified atom stereocenters. The minimum atomic E-state index is -0.428. The van der Waals surface area contributed by atoms with Gasteiger partial charge < -0.3 is 15.5 Å². The fraction of sp³-hybridized carbons (Fsp3) is 0.529. The molecule has 2 N–H and O–H groups in total. The van der Waals surface area contributed by atoms with Crippen LogP contribution in [-0.2, 0) is 11.3 Å². The second kappa shape index (κ2) is 11.0. The van der Waals surface area contributed by atoms with Gasteiger partial charge in [-0.1, -0.05) is 31.9 Å². The number of benzene rings is 1. The second-order valence-corrected chi connectivity index (χ2v) is 5.86. The number of amides is 1. The van der Waals surface area contributed by atoms with Gasteiger partial charge in [-0.3, -0.25) is 14.9 Å². The summed E-state index contributed by atoms with van der Waals surface area (Å²) in [5, 5.41) is 16.9. The summed E-state index contributed by atoms with van der Waals surface area (Å²) >= 11 is 0. The highest BCUT2D eigenvalue weighted by molar-refractivity contribution is 5.86. The van der Waals surface area contributed by atoms with Crippen molar-refractivity contribution >= 4 is 17.6 Å². The van der Waals surface area contributed by atoms with Gasteiger partial charge in [-0.15, -0.1) is 0 Å². The van der Waals surface area contributed by atoms with E-state index < -0.39 is 4.92 Å². The van der Waals surface area contributed by atoms with Crippen molar-refractivity contribution in [1.29, 1.82) is 0 Å². The summed E-state index contributed by atoms with van der Waals surface area (Å²) in [6, 6.07) is 6.28. The first-order chi connectivity index (χ1) is 11.9. The molecule has 138 valence electrons. The van der Waals surface area contributed by atoms with E-state index in [2.05, 4.69) is 22.5 Å². The summed E-state index contributed by atoms with van der Waals surface area (Å²) in [5.41, 5.74) is 0.916. The first-order valence-electron chi connectivity index (χ1n) is 8.39. The number of non-ortho nitro benzene ring substituents is 1. The van der Waals surface area contributed by atoms with Crippen molar-refractivity contribution in [2.45, 2.75) is 32.7 Å². The number of rotatable bonds is 9. The molecular weight excluding hydrogens is 322 g/mol. The van der Waals surface area contributed by atoms with Crippen LogP contribution < -0.4 is 10.6 Å². The van der Waals surface area contributed by atoms with Crippen molar-refractivity contribution in [2.24, 2.45) is 4.99 Å². The summed E-state index contributed by atoms with van der Waals surface area (Å²) in [6.45, 7) is 3.44. The molecule has 0 aliphatic carbocycles. The number of nitro benzene ring substituents is 1. The zero-order valence-electron chi connectivity index (χ0n) is 15.1. The maximum Gasteiger partial charge on any atom is 0.269 e. The molecule has 0 aromatic heterocycles. The van der Waals surface area contributed by atoms with Gasteiger partial charge >= 0.3 is 0 Å². The van der Waals surface area contributed by atoms with Crippen LogP contribution in [0.1, 0.15) is 31.7 Å². The average molecular weight is 349 g/mol. The van der Waals surface area contributed by atoms with E-state index >= 15 is 0 Å². The molecule has 8 nitrogen and oxygen atoms in total. The van der Waals surface area contributed by atoms with Gasteiger partial charge in [0.25, 0.3) is 5.69 Å². The first-order valence-corrected chi connectivity index (χ1v) is 8.39. The number of nitro groups is 1. The monoisotopic (exact) mass is 349 g/mol. The molecule has 0 radical (unpaired) electrons. The van der Waals surface area contributed by atoms with Crippen LogP contribution in [-0.4, -0.2) is 48.9 Å². The second-order valence-electron chi connectivity index (χ2n) is 5.86. The molecule has 0 aliphatic heterocycles. The quantitative estimate of drug-likeness (QED) is 0.233. The van der Waals surface area contributed by atoms with Gasteiger partial charge in [0.05, 0.1) is 18.0 Å². The maximum absolute atomic E-state index is 11.7. The molecule has 0 bridgehead atoms. The van der Waals surface area contributed by atoms with E-state index in [1.54, 1.807) is 26.2 Å². The lowest BCUT2D eigenvalue weighted by molar-refractivity contribution is -0.384. The number of aliphatic imine (C=N–C) groups is 1. The van der Waals surface area contributed by atoms with Crippen LogP contribution >= 0.6 is 0 Å². The number of hydrogen-bond acceptors (Lipinski definition) is 4. The molecule has 1 aromatic rings. The van der Waals surface area contributed by atoms with Crippen molar-refractivity contribution in [1.82, 2.24) is 15.5 Å². The van der Waals surface area contributed by atoms with Crippen LogP contribution in [0.15, 0.2) is 29.3 Å². The standard InChI is InChI=1S/C17H27N5O3/c1-4-5-6-11-18-17(20-13-16(23)21(2)3)19-12-14-7-9-15(10-8-14)22(24)25/h7-10H,4-6,11-13H2,1-3H3,(H2,18,19,20). The molecule has 0 saturated carbocycles. The number of likely N-dealkylation sites (N-methyl/N-ethyl adjacent to an activating group) is 1. The molecule has 1 rings (SSSR count). The maximum atomic E-state index is 11.7. The smallest absolute Gasteiger partial charge is 0.269 e. The van der Waals surface area contributed by atoms with Gasteiger partial charge in [-0.2, -0.15) is 0 Å². The largest absolute Gasteiger partial charge is 0.356 e. The van der Waals surface area contributed by atoms with Gasteiger partial charge in [0, 0.05) is 32.8 Å². The molecule has 0 spiro atoms. The van der Waals surface area contributed by atoms with Gasteiger partial charge in [0.1, 0.15) is 0 Å². The van der Waals surface area contributed by atoms with E-state index in [1.807, 2.05) is 0 Å². The Morgan fingerprint density at radius 1 is 1.20 bits per heavy atom. The van der Waals surface area contributed by atoms with Crippen LogP contribution in [0.25, 0.3) is 0 Å². The van der Waals surface area contributed by atoms with Gasteiger partial charge in [-0.05, 0) is 12.0 Å². The molecule has 8 heteroatoms. The highest BCUT2D eigenvalue weighted by Crippen LogP contribution is 2.12. The van der Waals surface area contributed by atoms with Crippen molar-refractivity contribution < 1.29 is 9.72 Å². The highest BCUT2D eigenvalue weighted by Gasteiger charge is 2.07. The summed E-state index contributed by atoms with van der Waals surface area (Å²) in [7, 11) is 3.40. The first kappa shape index (κ1) is 20.4. The third kappa shape index (κ3) is 8.14. The SMILES string of the molecule is CCCCCNC(=NCc1ccc([N+](=O)[O-])cc1)NCC(=O)N(C)C. The Kier molecular flexibility index (Phi) is 8.99. The minimum Gasteiger partial charge on any atom is -0.356 e. The molecule has 0 fully saturated rings. The predicted octanol–water partition coefficient (Wildman–Crippen LogP) is 1.91. The van der Waals surface area contributed by atoms with Gasteiger partial charge in [0.2, 0.25) is 5.91 Å². The number of hydrogen-bond donors (Lipinski definition) is 2. The molecule has 0 heterocycles. The minimum absolute atomic E-state index is 0.0432. The zero-order valence-corrected chi connectivity index (χ0v) is 15.1. The molecule has 1 amide bonds. The lowest BCUT2D eigenvalue weighted by Crippen LogP contribution is -2.43. The summed E-state index contributed by atoms with van der Waals surface area (Å²) in [4.78, 5) is 27.9. The summed E-state index contributed by atoms with van der Waals surface area (Å²) < 4.78 is 0. The molecular formula is C17H27N5O3. The number of guanidine groups is 1. The number of unbranched alkanes of at least 4 members (excludes halogenated alkanes) is 2. The topological polar surface area (TPSA) is 99.9 Å². The van der Waals surface area contributed by atoms with Crippen molar-refractivity contribution in [3.05, 3.63) is 39.9 Å². The average Bonchev–Trinajstić information content (AvgIpc) is 2.60. The zero-order chi connectivity index (χ0) is 18.7. The lowest BCUT2D eigenvalue weighted by atomic mass is 10.2. The van der Waals surface area contributed by atoms with E-state index in [0.717, 1.165) is 31.4 Å². The van der Waals surface area contributed by atoms with E-state index in [-0.39, 0.29) is 18.1 Å². The predicted molar refractivity (Wildman–Crippen MR) is 98.5 cm³/mol. The van der Waals surface area contributed by atoms with E-state index in [4.69, 9.17) is 0 Å². The van der Waals surface area contributed by atoms with Crippen molar-refractivity contribution in [2.75, 3.05) is 27.2 Å². The fourth-order valence-corrected chi connectivity index (χ4v) is 1.97. The molecule has 25 heavy (non-hydrogen) atoms. The van der Waals surface area contributed by atoms with E-state index in [1.165, 1.54) is 17.0 Å². The van der Waals surface area contributed by atoms with Crippen LogP contribution in [0.3, 0.4) is 0 Å². The Morgan fingerprint density at radius 2 is 1.88 bits per heavy atom. The molecule has 0 aliphatic rings. The highest BCUT2D eigenvalue weighted by atomic mass is 16.6. The third-order valence-electron chi connectivity index (χ3n) is 3.55. The number of nitrogens with one attached hydrogen (secondary N) is 2. The third-order valence-corrected chi connectivity index (χ3v) is 3.55. The molecule has 1 aromatic carbocycles. The fourth-order valence-electron chi connectivity index (χ4n) is 1.97. The molecule has 0 atom stereocenters. The van der Waals surface area contributed by atoms with Gasteiger partial charge in [0.15, 0.2) is 5.96 Å². The number of carbonyl (C=O) groups excluding carboxylic acids is 1. The van der Waals surface area contributed by atoms with Crippen LogP contribution in [0.5, 0.6) is 0 Å².